The monoisotopic (exact) mass is 450 g/mol. The van der Waals surface area contributed by atoms with Crippen LogP contribution in [-0.4, -0.2) is 0 Å². The van der Waals surface area contributed by atoms with E-state index < -0.39 is 0 Å². The molecule has 0 radical (unpaired) electrons. The maximum atomic E-state index is 6.15. The first kappa shape index (κ1) is 23.6. The van der Waals surface area contributed by atoms with Crippen LogP contribution in [0, 0.1) is 27.7 Å². The van der Waals surface area contributed by atoms with Crippen LogP contribution in [0.2, 0.25) is 0 Å². The van der Waals surface area contributed by atoms with Crippen LogP contribution in [0.1, 0.15) is 48.1 Å². The highest BCUT2D eigenvalue weighted by atomic mass is 16.5. The van der Waals surface area contributed by atoms with E-state index in [0.717, 1.165) is 29.4 Å². The van der Waals surface area contributed by atoms with Crippen LogP contribution < -0.4 is 9.47 Å². The average Bonchev–Trinajstić information content (AvgIpc) is 3.05. The van der Waals surface area contributed by atoms with E-state index in [1.54, 1.807) is 0 Å². The summed E-state index contributed by atoms with van der Waals surface area (Å²) in [6, 6.07) is 20.9. The van der Waals surface area contributed by atoms with Crippen LogP contribution in [0.25, 0.3) is 0 Å². The van der Waals surface area contributed by atoms with E-state index in [0.29, 0.717) is 0 Å². The Labute approximate surface area is 204 Å². The summed E-state index contributed by atoms with van der Waals surface area (Å²) in [7, 11) is 0. The summed E-state index contributed by atoms with van der Waals surface area (Å²) >= 11 is 0. The Morgan fingerprint density at radius 1 is 0.588 bits per heavy atom. The molecule has 1 aliphatic rings. The Balaban J connectivity index is 1.46. The van der Waals surface area contributed by atoms with Crippen molar-refractivity contribution in [2.24, 2.45) is 0 Å². The topological polar surface area (TPSA) is 18.5 Å². The van der Waals surface area contributed by atoms with E-state index in [1.165, 1.54) is 33.4 Å². The van der Waals surface area contributed by atoms with Gasteiger partial charge in [0, 0.05) is 5.41 Å². The molecule has 2 heteroatoms. The summed E-state index contributed by atoms with van der Waals surface area (Å²) in [6.07, 6.45) is 9.51. The minimum Gasteiger partial charge on any atom is -0.458 e. The fourth-order valence-electron chi connectivity index (χ4n) is 4.08. The van der Waals surface area contributed by atoms with Crippen molar-refractivity contribution in [2.75, 3.05) is 0 Å². The second-order valence-electron chi connectivity index (χ2n) is 9.68. The molecule has 4 rings (SSSR count). The largest absolute Gasteiger partial charge is 0.458 e. The molecular weight excluding hydrogens is 416 g/mol. The van der Waals surface area contributed by atoms with Gasteiger partial charge in [0.05, 0.1) is 0 Å². The zero-order chi connectivity index (χ0) is 24.3. The average molecular weight is 451 g/mol. The van der Waals surface area contributed by atoms with Crippen LogP contribution in [0.3, 0.4) is 0 Å². The van der Waals surface area contributed by atoms with Crippen LogP contribution in [0.4, 0.5) is 0 Å². The Morgan fingerprint density at radius 3 is 1.74 bits per heavy atom. The molecule has 0 aromatic heterocycles. The Hall–Kier alpha value is -3.52. The van der Waals surface area contributed by atoms with Gasteiger partial charge >= 0.3 is 0 Å². The Kier molecular flexibility index (Phi) is 6.79. The van der Waals surface area contributed by atoms with Gasteiger partial charge in [-0.2, -0.15) is 0 Å². The van der Waals surface area contributed by atoms with Gasteiger partial charge in [0.15, 0.2) is 0 Å². The minimum absolute atomic E-state index is 0.140. The number of allylic oxidation sites excluding steroid dienone is 5. The third-order valence-electron chi connectivity index (χ3n) is 6.81. The van der Waals surface area contributed by atoms with E-state index in [9.17, 15) is 0 Å². The van der Waals surface area contributed by atoms with E-state index in [2.05, 4.69) is 114 Å². The van der Waals surface area contributed by atoms with Gasteiger partial charge in [-0.1, -0.05) is 50.3 Å². The lowest BCUT2D eigenvalue weighted by Gasteiger charge is -2.27. The quantitative estimate of drug-likeness (QED) is 0.373. The Morgan fingerprint density at radius 2 is 1.15 bits per heavy atom. The van der Waals surface area contributed by atoms with Crippen LogP contribution in [0.5, 0.6) is 17.2 Å². The lowest BCUT2D eigenvalue weighted by molar-refractivity contribution is 0.442. The molecule has 0 atom stereocenters. The van der Waals surface area contributed by atoms with Crippen molar-refractivity contribution in [2.45, 2.75) is 53.4 Å². The SMILES string of the molecule is Cc1ccc(OC2=CCC=C(C(C)(C)c3ccc(Oc4ccc(C)c(C)c4)cc3)C=C2)cc1C. The van der Waals surface area contributed by atoms with Crippen molar-refractivity contribution in [3.05, 3.63) is 124 Å². The zero-order valence-corrected chi connectivity index (χ0v) is 21.1. The van der Waals surface area contributed by atoms with Gasteiger partial charge < -0.3 is 9.47 Å². The van der Waals surface area contributed by atoms with Crippen molar-refractivity contribution >= 4 is 0 Å². The molecule has 0 N–H and O–H groups in total. The first-order chi connectivity index (χ1) is 16.2. The molecule has 174 valence electrons. The predicted molar refractivity (Wildman–Crippen MR) is 142 cm³/mol. The molecule has 2 nitrogen and oxygen atoms in total. The maximum Gasteiger partial charge on any atom is 0.127 e. The highest BCUT2D eigenvalue weighted by Gasteiger charge is 2.24. The highest BCUT2D eigenvalue weighted by Crippen LogP contribution is 2.35. The standard InChI is InChI=1S/C32H34O2/c1-22-10-15-30(20-24(22)3)33-28-9-7-8-26(12-17-28)32(5,6)27-13-18-29(19-14-27)34-31-16-11-23(2)25(4)21-31/h8-21H,7H2,1-6H3. The summed E-state index contributed by atoms with van der Waals surface area (Å²) < 4.78 is 12.2. The van der Waals surface area contributed by atoms with Gasteiger partial charge in [0.25, 0.3) is 0 Å². The first-order valence-corrected chi connectivity index (χ1v) is 11.9. The van der Waals surface area contributed by atoms with Gasteiger partial charge in [0.2, 0.25) is 0 Å². The summed E-state index contributed by atoms with van der Waals surface area (Å²) in [5.41, 5.74) is 7.39. The fourth-order valence-corrected chi connectivity index (χ4v) is 4.08. The minimum atomic E-state index is -0.140. The molecule has 3 aromatic rings. The van der Waals surface area contributed by atoms with Crippen molar-refractivity contribution in [3.8, 4) is 17.2 Å². The van der Waals surface area contributed by atoms with Gasteiger partial charge in [-0.05, 0) is 116 Å². The Bertz CT molecular complexity index is 1270. The molecule has 0 saturated carbocycles. The van der Waals surface area contributed by atoms with Crippen molar-refractivity contribution in [1.82, 2.24) is 0 Å². The summed E-state index contributed by atoms with van der Waals surface area (Å²) in [4.78, 5) is 0. The van der Waals surface area contributed by atoms with Crippen molar-refractivity contribution < 1.29 is 9.47 Å². The molecule has 3 aromatic carbocycles. The van der Waals surface area contributed by atoms with Gasteiger partial charge in [-0.25, -0.2) is 0 Å². The lowest BCUT2D eigenvalue weighted by atomic mass is 9.77. The zero-order valence-electron chi connectivity index (χ0n) is 21.1. The highest BCUT2D eigenvalue weighted by molar-refractivity contribution is 5.46. The lowest BCUT2D eigenvalue weighted by Crippen LogP contribution is -2.19. The molecular formula is C32H34O2. The molecule has 0 aliphatic heterocycles. The molecule has 0 fully saturated rings. The van der Waals surface area contributed by atoms with Crippen molar-refractivity contribution in [3.63, 3.8) is 0 Å². The summed E-state index contributed by atoms with van der Waals surface area (Å²) in [5.74, 6) is 3.47. The van der Waals surface area contributed by atoms with Crippen LogP contribution in [0.15, 0.2) is 96.3 Å². The molecule has 34 heavy (non-hydrogen) atoms. The second-order valence-corrected chi connectivity index (χ2v) is 9.68. The van der Waals surface area contributed by atoms with Gasteiger partial charge in [-0.3, -0.25) is 0 Å². The van der Waals surface area contributed by atoms with E-state index in [-0.39, 0.29) is 5.41 Å². The van der Waals surface area contributed by atoms with Crippen molar-refractivity contribution in [1.29, 1.82) is 0 Å². The molecule has 0 amide bonds. The third-order valence-corrected chi connectivity index (χ3v) is 6.81. The number of hydrogen-bond acceptors (Lipinski definition) is 2. The van der Waals surface area contributed by atoms with Crippen LogP contribution >= 0.6 is 0 Å². The summed E-state index contributed by atoms with van der Waals surface area (Å²) in [5, 5.41) is 0. The normalized spacial score (nSPS) is 13.7. The molecule has 0 saturated heterocycles. The number of benzene rings is 3. The van der Waals surface area contributed by atoms with E-state index in [1.807, 2.05) is 12.1 Å². The second kappa shape index (κ2) is 9.77. The molecule has 0 spiro atoms. The first-order valence-electron chi connectivity index (χ1n) is 11.9. The number of rotatable bonds is 6. The van der Waals surface area contributed by atoms with Crippen LogP contribution in [-0.2, 0) is 5.41 Å². The maximum absolute atomic E-state index is 6.15. The predicted octanol–water partition coefficient (Wildman–Crippen LogP) is 8.84. The van der Waals surface area contributed by atoms with Gasteiger partial charge in [0.1, 0.15) is 23.0 Å². The summed E-state index contributed by atoms with van der Waals surface area (Å²) in [6.45, 7) is 13.0. The number of aryl methyl sites for hydroxylation is 4. The molecule has 1 aliphatic carbocycles. The molecule has 0 unspecified atom stereocenters. The number of hydrogen-bond donors (Lipinski definition) is 0. The number of ether oxygens (including phenoxy) is 2. The molecule has 0 bridgehead atoms. The smallest absolute Gasteiger partial charge is 0.127 e. The van der Waals surface area contributed by atoms with Gasteiger partial charge in [-0.15, -0.1) is 0 Å². The van der Waals surface area contributed by atoms with E-state index >= 15 is 0 Å². The fraction of sp³-hybridized carbons (Fsp3) is 0.250. The third kappa shape index (κ3) is 5.34. The van der Waals surface area contributed by atoms with E-state index in [4.69, 9.17) is 9.47 Å². The molecule has 0 heterocycles.